The standard InChI is InChI=1S/C13H24N4/c1-3-7-17-10-11(9-15-17)13-12(14)6-5-8-16(13)4-2/h9-10,12-13H,3-8,14H2,1-2H3. The van der Waals surface area contributed by atoms with Crippen LogP contribution in [0.4, 0.5) is 0 Å². The lowest BCUT2D eigenvalue weighted by molar-refractivity contribution is 0.136. The third kappa shape index (κ3) is 2.69. The highest BCUT2D eigenvalue weighted by Gasteiger charge is 2.30. The molecule has 2 heterocycles. The molecule has 1 aromatic rings. The summed E-state index contributed by atoms with van der Waals surface area (Å²) >= 11 is 0. The second-order valence-electron chi connectivity index (χ2n) is 4.92. The number of piperidine rings is 1. The van der Waals surface area contributed by atoms with Gasteiger partial charge in [0.25, 0.3) is 0 Å². The monoisotopic (exact) mass is 236 g/mol. The molecule has 0 radical (unpaired) electrons. The molecule has 4 heteroatoms. The Kier molecular flexibility index (Phi) is 4.18. The number of nitrogens with two attached hydrogens (primary N) is 1. The van der Waals surface area contributed by atoms with Gasteiger partial charge in [-0.3, -0.25) is 9.58 Å². The Morgan fingerprint density at radius 1 is 1.47 bits per heavy atom. The molecular formula is C13H24N4. The van der Waals surface area contributed by atoms with Gasteiger partial charge in [-0.15, -0.1) is 0 Å². The molecule has 0 spiro atoms. The number of likely N-dealkylation sites (N-methyl/N-ethyl adjacent to an activating group) is 1. The van der Waals surface area contributed by atoms with E-state index in [2.05, 4.69) is 30.0 Å². The first kappa shape index (κ1) is 12.6. The first-order valence-electron chi connectivity index (χ1n) is 6.78. The van der Waals surface area contributed by atoms with E-state index in [0.717, 1.165) is 32.5 Å². The number of hydrogen-bond acceptors (Lipinski definition) is 3. The van der Waals surface area contributed by atoms with E-state index >= 15 is 0 Å². The van der Waals surface area contributed by atoms with Gasteiger partial charge in [0.05, 0.1) is 12.2 Å². The molecule has 1 aromatic heterocycles. The molecule has 0 amide bonds. The van der Waals surface area contributed by atoms with Gasteiger partial charge in [0, 0.05) is 24.3 Å². The Morgan fingerprint density at radius 2 is 2.29 bits per heavy atom. The Morgan fingerprint density at radius 3 is 3.00 bits per heavy atom. The van der Waals surface area contributed by atoms with Crippen molar-refractivity contribution < 1.29 is 0 Å². The molecule has 0 bridgehead atoms. The topological polar surface area (TPSA) is 47.1 Å². The van der Waals surface area contributed by atoms with Crippen LogP contribution in [0.15, 0.2) is 12.4 Å². The molecule has 17 heavy (non-hydrogen) atoms. The zero-order valence-electron chi connectivity index (χ0n) is 11.0. The van der Waals surface area contributed by atoms with Gasteiger partial charge >= 0.3 is 0 Å². The fourth-order valence-electron chi connectivity index (χ4n) is 2.79. The maximum Gasteiger partial charge on any atom is 0.0538 e. The third-order valence-electron chi connectivity index (χ3n) is 3.64. The maximum absolute atomic E-state index is 6.28. The predicted molar refractivity (Wildman–Crippen MR) is 69.7 cm³/mol. The number of likely N-dealkylation sites (tertiary alicyclic amines) is 1. The minimum atomic E-state index is 0.253. The fraction of sp³-hybridized carbons (Fsp3) is 0.769. The van der Waals surface area contributed by atoms with Crippen LogP contribution < -0.4 is 5.73 Å². The van der Waals surface area contributed by atoms with Crippen LogP contribution in [0.2, 0.25) is 0 Å². The Bertz CT molecular complexity index is 347. The molecule has 2 N–H and O–H groups in total. The summed E-state index contributed by atoms with van der Waals surface area (Å²) in [6.45, 7) is 7.60. The van der Waals surface area contributed by atoms with Crippen LogP contribution in [-0.2, 0) is 6.54 Å². The van der Waals surface area contributed by atoms with Gasteiger partial charge in [0.15, 0.2) is 0 Å². The van der Waals surface area contributed by atoms with Gasteiger partial charge in [-0.2, -0.15) is 5.10 Å². The van der Waals surface area contributed by atoms with Gasteiger partial charge in [-0.25, -0.2) is 0 Å². The summed E-state index contributed by atoms with van der Waals surface area (Å²) < 4.78 is 2.03. The normalized spacial score (nSPS) is 26.3. The van der Waals surface area contributed by atoms with Gasteiger partial charge in [-0.05, 0) is 32.4 Å². The van der Waals surface area contributed by atoms with Crippen LogP contribution in [0.1, 0.15) is 44.7 Å². The van der Waals surface area contributed by atoms with Crippen LogP contribution in [0, 0.1) is 0 Å². The van der Waals surface area contributed by atoms with Crippen molar-refractivity contribution >= 4 is 0 Å². The molecule has 1 fully saturated rings. The third-order valence-corrected chi connectivity index (χ3v) is 3.64. The molecule has 2 atom stereocenters. The molecule has 2 rings (SSSR count). The van der Waals surface area contributed by atoms with Crippen LogP contribution in [0.3, 0.4) is 0 Å². The molecule has 1 saturated heterocycles. The smallest absolute Gasteiger partial charge is 0.0538 e. The zero-order chi connectivity index (χ0) is 12.3. The van der Waals surface area contributed by atoms with Crippen LogP contribution in [-0.4, -0.2) is 33.8 Å². The summed E-state index contributed by atoms with van der Waals surface area (Å²) in [6.07, 6.45) is 7.63. The minimum absolute atomic E-state index is 0.253. The quantitative estimate of drug-likeness (QED) is 0.867. The molecule has 0 aromatic carbocycles. The maximum atomic E-state index is 6.28. The largest absolute Gasteiger partial charge is 0.326 e. The van der Waals surface area contributed by atoms with E-state index in [9.17, 15) is 0 Å². The van der Waals surface area contributed by atoms with Crippen molar-refractivity contribution in [1.29, 1.82) is 0 Å². The van der Waals surface area contributed by atoms with E-state index in [4.69, 9.17) is 5.73 Å². The SMILES string of the molecule is CCCn1cc(C2C(N)CCCN2CC)cn1. The van der Waals surface area contributed by atoms with E-state index in [1.54, 1.807) is 0 Å². The lowest BCUT2D eigenvalue weighted by Gasteiger charge is -2.38. The summed E-state index contributed by atoms with van der Waals surface area (Å²) in [5.41, 5.74) is 7.57. The lowest BCUT2D eigenvalue weighted by atomic mass is 9.93. The van der Waals surface area contributed by atoms with Crippen LogP contribution in [0.25, 0.3) is 0 Å². The van der Waals surface area contributed by atoms with Gasteiger partial charge in [0.2, 0.25) is 0 Å². The van der Waals surface area contributed by atoms with Gasteiger partial charge < -0.3 is 5.73 Å². The van der Waals surface area contributed by atoms with E-state index < -0.39 is 0 Å². The summed E-state index contributed by atoms with van der Waals surface area (Å²) in [5, 5.41) is 4.42. The van der Waals surface area contributed by atoms with Crippen molar-refractivity contribution in [2.45, 2.75) is 51.7 Å². The Labute approximate surface area is 104 Å². The highest BCUT2D eigenvalue weighted by molar-refractivity contribution is 5.14. The molecule has 2 unspecified atom stereocenters. The molecular weight excluding hydrogens is 212 g/mol. The predicted octanol–water partition coefficient (Wildman–Crippen LogP) is 1.78. The summed E-state index contributed by atoms with van der Waals surface area (Å²) in [7, 11) is 0. The number of aryl methyl sites for hydroxylation is 1. The van der Waals surface area contributed by atoms with Gasteiger partial charge in [-0.1, -0.05) is 13.8 Å². The van der Waals surface area contributed by atoms with Crippen LogP contribution in [0.5, 0.6) is 0 Å². The molecule has 96 valence electrons. The number of hydrogen-bond donors (Lipinski definition) is 1. The van der Waals surface area contributed by atoms with Crippen molar-refractivity contribution in [3.63, 3.8) is 0 Å². The van der Waals surface area contributed by atoms with Crippen molar-refractivity contribution in [2.75, 3.05) is 13.1 Å². The molecule has 0 aliphatic carbocycles. The lowest BCUT2D eigenvalue weighted by Crippen LogP contribution is -2.45. The van der Waals surface area contributed by atoms with E-state index in [-0.39, 0.29) is 6.04 Å². The highest BCUT2D eigenvalue weighted by Crippen LogP contribution is 2.29. The molecule has 0 saturated carbocycles. The van der Waals surface area contributed by atoms with Gasteiger partial charge in [0.1, 0.15) is 0 Å². The Balaban J connectivity index is 2.16. The average Bonchev–Trinajstić information content (AvgIpc) is 2.77. The van der Waals surface area contributed by atoms with Crippen molar-refractivity contribution in [3.05, 3.63) is 18.0 Å². The van der Waals surface area contributed by atoms with Crippen LogP contribution >= 0.6 is 0 Å². The molecule has 1 aliphatic heterocycles. The molecule has 4 nitrogen and oxygen atoms in total. The molecule has 1 aliphatic rings. The Hall–Kier alpha value is -0.870. The first-order chi connectivity index (χ1) is 8.26. The number of rotatable bonds is 4. The zero-order valence-corrected chi connectivity index (χ0v) is 11.0. The van der Waals surface area contributed by atoms with Crippen molar-refractivity contribution in [1.82, 2.24) is 14.7 Å². The summed E-state index contributed by atoms with van der Waals surface area (Å²) in [5.74, 6) is 0. The summed E-state index contributed by atoms with van der Waals surface area (Å²) in [6, 6.07) is 0.613. The highest BCUT2D eigenvalue weighted by atomic mass is 15.3. The van der Waals surface area contributed by atoms with E-state index in [0.29, 0.717) is 6.04 Å². The number of aromatic nitrogens is 2. The number of nitrogens with zero attached hydrogens (tertiary/aromatic N) is 3. The van der Waals surface area contributed by atoms with Crippen molar-refractivity contribution in [3.8, 4) is 0 Å². The van der Waals surface area contributed by atoms with E-state index in [1.807, 2.05) is 10.9 Å². The summed E-state index contributed by atoms with van der Waals surface area (Å²) in [4.78, 5) is 2.47. The second-order valence-corrected chi connectivity index (χ2v) is 4.92. The fourth-order valence-corrected chi connectivity index (χ4v) is 2.79. The second kappa shape index (κ2) is 5.65. The average molecular weight is 236 g/mol. The first-order valence-corrected chi connectivity index (χ1v) is 6.78. The van der Waals surface area contributed by atoms with E-state index in [1.165, 1.54) is 12.0 Å². The van der Waals surface area contributed by atoms with Crippen molar-refractivity contribution in [2.24, 2.45) is 5.73 Å². The minimum Gasteiger partial charge on any atom is -0.326 e.